The number of aromatic nitrogens is 2. The van der Waals surface area contributed by atoms with E-state index in [0.717, 1.165) is 0 Å². The molecule has 2 N–H and O–H groups in total. The minimum atomic E-state index is -0.479. The number of aliphatic hydroxyl groups is 1. The molecule has 7 heteroatoms. The molecule has 1 heterocycles. The van der Waals surface area contributed by atoms with Gasteiger partial charge in [-0.05, 0) is 27.8 Å². The van der Waals surface area contributed by atoms with Crippen molar-refractivity contribution in [1.82, 2.24) is 9.78 Å². The highest BCUT2D eigenvalue weighted by Crippen LogP contribution is 2.22. The van der Waals surface area contributed by atoms with Crippen LogP contribution in [0, 0.1) is 5.41 Å². The first kappa shape index (κ1) is 18.1. The maximum atomic E-state index is 12.1. The van der Waals surface area contributed by atoms with Crippen molar-refractivity contribution in [3.05, 3.63) is 21.0 Å². The van der Waals surface area contributed by atoms with E-state index in [4.69, 9.17) is 4.74 Å². The Kier molecular flexibility index (Phi) is 6.83. The fraction of sp³-hybridized carbons (Fsp3) is 0.714. The molecular formula is C14H24BrN3O3. The van der Waals surface area contributed by atoms with Gasteiger partial charge in [0.1, 0.15) is 4.47 Å². The summed E-state index contributed by atoms with van der Waals surface area (Å²) in [6, 6.07) is 0. The molecule has 1 atom stereocenters. The van der Waals surface area contributed by atoms with Gasteiger partial charge in [-0.3, -0.25) is 4.79 Å². The van der Waals surface area contributed by atoms with E-state index in [2.05, 4.69) is 47.1 Å². The molecule has 0 bridgehead atoms. The van der Waals surface area contributed by atoms with Crippen LogP contribution in [0.4, 0.5) is 5.69 Å². The van der Waals surface area contributed by atoms with E-state index < -0.39 is 6.10 Å². The predicted molar refractivity (Wildman–Crippen MR) is 86.6 cm³/mol. The largest absolute Gasteiger partial charge is 0.391 e. The normalized spacial score (nSPS) is 13.2. The van der Waals surface area contributed by atoms with Gasteiger partial charge in [0.25, 0.3) is 5.56 Å². The van der Waals surface area contributed by atoms with Crippen molar-refractivity contribution < 1.29 is 9.84 Å². The monoisotopic (exact) mass is 361 g/mol. The summed E-state index contributed by atoms with van der Waals surface area (Å²) in [7, 11) is 1.58. The van der Waals surface area contributed by atoms with Crippen molar-refractivity contribution >= 4 is 21.6 Å². The maximum Gasteiger partial charge on any atom is 0.283 e. The zero-order valence-electron chi connectivity index (χ0n) is 13.0. The van der Waals surface area contributed by atoms with Crippen molar-refractivity contribution in [2.75, 3.05) is 25.6 Å². The van der Waals surface area contributed by atoms with Crippen LogP contribution >= 0.6 is 15.9 Å². The molecule has 0 saturated heterocycles. The van der Waals surface area contributed by atoms with Crippen molar-refractivity contribution in [3.63, 3.8) is 0 Å². The number of rotatable bonds is 7. The Bertz CT molecular complexity index is 511. The molecule has 0 spiro atoms. The summed E-state index contributed by atoms with van der Waals surface area (Å²) in [5.74, 6) is 0. The molecule has 0 aromatic carbocycles. The van der Waals surface area contributed by atoms with E-state index in [0.29, 0.717) is 36.3 Å². The lowest BCUT2D eigenvalue weighted by Gasteiger charge is -2.23. The molecule has 0 radical (unpaired) electrons. The van der Waals surface area contributed by atoms with Crippen molar-refractivity contribution in [3.8, 4) is 0 Å². The maximum absolute atomic E-state index is 12.1. The number of anilines is 1. The fourth-order valence-corrected chi connectivity index (χ4v) is 2.38. The number of nitrogens with one attached hydrogen (secondary N) is 1. The lowest BCUT2D eigenvalue weighted by molar-refractivity contribution is 0.132. The molecule has 21 heavy (non-hydrogen) atoms. The summed E-state index contributed by atoms with van der Waals surface area (Å²) in [6.07, 6.45) is 1.77. The molecule has 1 aromatic heterocycles. The fourth-order valence-electron chi connectivity index (χ4n) is 1.93. The van der Waals surface area contributed by atoms with Crippen LogP contribution in [-0.2, 0) is 11.3 Å². The first-order chi connectivity index (χ1) is 9.74. The van der Waals surface area contributed by atoms with Crippen LogP contribution < -0.4 is 10.9 Å². The zero-order valence-corrected chi connectivity index (χ0v) is 14.6. The third-order valence-corrected chi connectivity index (χ3v) is 3.63. The molecule has 0 aliphatic carbocycles. The molecule has 1 aromatic rings. The lowest BCUT2D eigenvalue weighted by atomic mass is 9.89. The summed E-state index contributed by atoms with van der Waals surface area (Å²) in [4.78, 5) is 12.1. The topological polar surface area (TPSA) is 76.4 Å². The molecule has 0 saturated carbocycles. The van der Waals surface area contributed by atoms with Gasteiger partial charge in [-0.25, -0.2) is 4.68 Å². The minimum absolute atomic E-state index is 0.0557. The zero-order chi connectivity index (χ0) is 16.0. The van der Waals surface area contributed by atoms with Gasteiger partial charge in [-0.15, -0.1) is 0 Å². The number of methoxy groups -OCH3 is 1. The molecule has 1 rings (SSSR count). The van der Waals surface area contributed by atoms with Gasteiger partial charge >= 0.3 is 0 Å². The third kappa shape index (κ3) is 6.15. The van der Waals surface area contributed by atoms with Crippen molar-refractivity contribution in [2.24, 2.45) is 5.41 Å². The number of halogens is 1. The Morgan fingerprint density at radius 2 is 2.19 bits per heavy atom. The summed E-state index contributed by atoms with van der Waals surface area (Å²) in [5.41, 5.74) is 0.420. The summed E-state index contributed by atoms with van der Waals surface area (Å²) >= 11 is 3.28. The first-order valence-electron chi connectivity index (χ1n) is 6.91. The van der Waals surface area contributed by atoms with Gasteiger partial charge in [-0.1, -0.05) is 20.8 Å². The van der Waals surface area contributed by atoms with Gasteiger partial charge in [0.15, 0.2) is 0 Å². The van der Waals surface area contributed by atoms with Gasteiger partial charge in [0.05, 0.1) is 31.1 Å². The summed E-state index contributed by atoms with van der Waals surface area (Å²) in [5, 5.41) is 17.1. The van der Waals surface area contributed by atoms with E-state index in [1.54, 1.807) is 13.3 Å². The van der Waals surface area contributed by atoms with E-state index in [1.165, 1.54) is 4.68 Å². The van der Waals surface area contributed by atoms with Gasteiger partial charge < -0.3 is 15.2 Å². The van der Waals surface area contributed by atoms with Crippen LogP contribution in [0.3, 0.4) is 0 Å². The van der Waals surface area contributed by atoms with Crippen molar-refractivity contribution in [1.29, 1.82) is 0 Å². The Balaban J connectivity index is 2.68. The van der Waals surface area contributed by atoms with Crippen LogP contribution in [0.25, 0.3) is 0 Å². The second-order valence-corrected chi connectivity index (χ2v) is 6.99. The van der Waals surface area contributed by atoms with Gasteiger partial charge in [0.2, 0.25) is 0 Å². The highest BCUT2D eigenvalue weighted by molar-refractivity contribution is 9.10. The molecule has 0 fully saturated rings. The first-order valence-corrected chi connectivity index (χ1v) is 7.70. The highest BCUT2D eigenvalue weighted by Gasteiger charge is 2.17. The Morgan fingerprint density at radius 1 is 1.52 bits per heavy atom. The van der Waals surface area contributed by atoms with Crippen LogP contribution in [0.2, 0.25) is 0 Å². The number of hydrogen-bond donors (Lipinski definition) is 2. The number of aliphatic hydroxyl groups excluding tert-OH is 1. The van der Waals surface area contributed by atoms with Crippen LogP contribution in [0.15, 0.2) is 15.5 Å². The predicted octanol–water partition coefficient (Wildman–Crippen LogP) is 1.86. The lowest BCUT2D eigenvalue weighted by Crippen LogP contribution is -2.28. The quantitative estimate of drug-likeness (QED) is 0.774. The minimum Gasteiger partial charge on any atom is -0.391 e. The standard InChI is InChI=1S/C14H24BrN3O3/c1-14(2,3)7-10(19)8-16-11-9-17-18(5-6-21-4)13(20)12(11)15/h9-10,16,19H,5-8H2,1-4H3. The van der Waals surface area contributed by atoms with E-state index in [-0.39, 0.29) is 11.0 Å². The molecule has 6 nitrogen and oxygen atoms in total. The Hall–Kier alpha value is -0.920. The van der Waals surface area contributed by atoms with E-state index >= 15 is 0 Å². The van der Waals surface area contributed by atoms with E-state index in [9.17, 15) is 9.90 Å². The average molecular weight is 362 g/mol. The molecule has 0 aliphatic rings. The molecular weight excluding hydrogens is 338 g/mol. The summed E-state index contributed by atoms with van der Waals surface area (Å²) < 4.78 is 6.68. The smallest absolute Gasteiger partial charge is 0.283 e. The van der Waals surface area contributed by atoms with Crippen LogP contribution in [0.1, 0.15) is 27.2 Å². The van der Waals surface area contributed by atoms with Crippen molar-refractivity contribution in [2.45, 2.75) is 39.8 Å². The van der Waals surface area contributed by atoms with Gasteiger partial charge in [-0.2, -0.15) is 5.10 Å². The summed E-state index contributed by atoms with van der Waals surface area (Å²) in [6.45, 7) is 7.43. The molecule has 1 unspecified atom stereocenters. The third-order valence-electron chi connectivity index (χ3n) is 2.87. The highest BCUT2D eigenvalue weighted by atomic mass is 79.9. The van der Waals surface area contributed by atoms with Crippen LogP contribution in [-0.4, -0.2) is 41.3 Å². The van der Waals surface area contributed by atoms with Crippen LogP contribution in [0.5, 0.6) is 0 Å². The SMILES string of the molecule is COCCn1ncc(NCC(O)CC(C)(C)C)c(Br)c1=O. The second-order valence-electron chi connectivity index (χ2n) is 6.19. The number of ether oxygens (including phenoxy) is 1. The Morgan fingerprint density at radius 3 is 2.76 bits per heavy atom. The molecule has 120 valence electrons. The Labute approximate surface area is 133 Å². The van der Waals surface area contributed by atoms with E-state index in [1.807, 2.05) is 0 Å². The van der Waals surface area contributed by atoms with Gasteiger partial charge in [0, 0.05) is 13.7 Å². The average Bonchev–Trinajstić information content (AvgIpc) is 2.37. The number of nitrogens with zero attached hydrogens (tertiary/aromatic N) is 2. The number of hydrogen-bond acceptors (Lipinski definition) is 5. The molecule has 0 amide bonds. The second kappa shape index (κ2) is 7.91. The molecule has 0 aliphatic heterocycles.